The first-order valence-corrected chi connectivity index (χ1v) is 6.23. The van der Waals surface area contributed by atoms with E-state index in [2.05, 4.69) is 4.74 Å². The Hall–Kier alpha value is -2.36. The average Bonchev–Trinajstić information content (AvgIpc) is 2.63. The van der Waals surface area contributed by atoms with Gasteiger partial charge in [0.05, 0.1) is 0 Å². The standard InChI is InChI=1S/C12H16O10/c1-5(13)18-4-8-9(19-6(2)14)10(20-7(3)15)11(21-8)22-12(16)17/h8-11H,4H2,1-3H3,(H,16,17)/t8-,9-,10+,11+/m0/s1. The number of carbonyl (C=O) groups excluding carboxylic acids is 3. The molecule has 0 saturated carbocycles. The fourth-order valence-electron chi connectivity index (χ4n) is 1.87. The summed E-state index contributed by atoms with van der Waals surface area (Å²) in [5.41, 5.74) is 0. The van der Waals surface area contributed by atoms with Gasteiger partial charge in [0, 0.05) is 20.8 Å². The van der Waals surface area contributed by atoms with Gasteiger partial charge in [-0.2, -0.15) is 0 Å². The fraction of sp³-hybridized carbons (Fsp3) is 0.667. The summed E-state index contributed by atoms with van der Waals surface area (Å²) in [6.45, 7) is 3.02. The Labute approximate surface area is 125 Å². The Bertz CT molecular complexity index is 459. The monoisotopic (exact) mass is 320 g/mol. The van der Waals surface area contributed by atoms with Gasteiger partial charge in [-0.3, -0.25) is 14.4 Å². The molecule has 0 bridgehead atoms. The van der Waals surface area contributed by atoms with Gasteiger partial charge in [0.2, 0.25) is 12.4 Å². The summed E-state index contributed by atoms with van der Waals surface area (Å²) in [6.07, 6.45) is -6.70. The zero-order valence-corrected chi connectivity index (χ0v) is 12.1. The van der Waals surface area contributed by atoms with Crippen molar-refractivity contribution in [2.24, 2.45) is 0 Å². The smallest absolute Gasteiger partial charge is 0.463 e. The third-order valence-electron chi connectivity index (χ3n) is 2.54. The number of esters is 3. The molecule has 22 heavy (non-hydrogen) atoms. The molecule has 1 heterocycles. The average molecular weight is 320 g/mol. The summed E-state index contributed by atoms with van der Waals surface area (Å²) >= 11 is 0. The maximum atomic E-state index is 11.2. The zero-order chi connectivity index (χ0) is 16.9. The van der Waals surface area contributed by atoms with Crippen LogP contribution in [0.4, 0.5) is 4.79 Å². The van der Waals surface area contributed by atoms with Crippen molar-refractivity contribution in [2.75, 3.05) is 6.61 Å². The van der Waals surface area contributed by atoms with Crippen molar-refractivity contribution < 1.29 is 48.0 Å². The third-order valence-corrected chi connectivity index (χ3v) is 2.54. The van der Waals surface area contributed by atoms with E-state index in [9.17, 15) is 19.2 Å². The molecule has 1 N–H and O–H groups in total. The normalized spacial score (nSPS) is 26.9. The molecular weight excluding hydrogens is 304 g/mol. The maximum absolute atomic E-state index is 11.2. The van der Waals surface area contributed by atoms with Gasteiger partial charge < -0.3 is 28.8 Å². The quantitative estimate of drug-likeness (QED) is 0.537. The van der Waals surface area contributed by atoms with Crippen molar-refractivity contribution >= 4 is 24.1 Å². The van der Waals surface area contributed by atoms with E-state index < -0.39 is 48.7 Å². The van der Waals surface area contributed by atoms with Crippen molar-refractivity contribution in [1.82, 2.24) is 0 Å². The summed E-state index contributed by atoms with van der Waals surface area (Å²) < 4.78 is 24.3. The zero-order valence-electron chi connectivity index (χ0n) is 12.1. The number of rotatable bonds is 5. The van der Waals surface area contributed by atoms with Crippen LogP contribution in [0.3, 0.4) is 0 Å². The number of carbonyl (C=O) groups is 4. The van der Waals surface area contributed by atoms with E-state index >= 15 is 0 Å². The predicted molar refractivity (Wildman–Crippen MR) is 65.5 cm³/mol. The summed E-state index contributed by atoms with van der Waals surface area (Å²) in [7, 11) is 0. The number of carboxylic acid groups (broad SMARTS) is 1. The van der Waals surface area contributed by atoms with Crippen molar-refractivity contribution in [3.8, 4) is 0 Å². The molecule has 0 aromatic heterocycles. The van der Waals surface area contributed by atoms with E-state index in [0.717, 1.165) is 20.8 Å². The van der Waals surface area contributed by atoms with E-state index in [-0.39, 0.29) is 6.61 Å². The highest BCUT2D eigenvalue weighted by Gasteiger charge is 2.51. The SMILES string of the molecule is CC(=O)OC[C@@H]1O[C@H](OC(=O)O)[C@H](OC(C)=O)[C@H]1OC(C)=O. The molecule has 1 saturated heterocycles. The summed E-state index contributed by atoms with van der Waals surface area (Å²) in [4.78, 5) is 43.8. The lowest BCUT2D eigenvalue weighted by Crippen LogP contribution is -2.42. The topological polar surface area (TPSA) is 135 Å². The highest BCUT2D eigenvalue weighted by Crippen LogP contribution is 2.28. The second-order valence-electron chi connectivity index (χ2n) is 4.38. The molecule has 124 valence electrons. The molecule has 0 spiro atoms. The molecule has 10 heteroatoms. The van der Waals surface area contributed by atoms with Crippen LogP contribution in [0, 0.1) is 0 Å². The van der Waals surface area contributed by atoms with Crippen molar-refractivity contribution in [1.29, 1.82) is 0 Å². The van der Waals surface area contributed by atoms with Crippen LogP contribution >= 0.6 is 0 Å². The molecule has 1 aliphatic rings. The summed E-state index contributed by atoms with van der Waals surface area (Å²) in [5.74, 6) is -2.08. The van der Waals surface area contributed by atoms with Gasteiger partial charge in [0.1, 0.15) is 12.7 Å². The van der Waals surface area contributed by atoms with Gasteiger partial charge in [0.15, 0.2) is 6.10 Å². The van der Waals surface area contributed by atoms with E-state index in [1.54, 1.807) is 0 Å². The van der Waals surface area contributed by atoms with E-state index in [4.69, 9.17) is 24.1 Å². The molecule has 0 radical (unpaired) electrons. The van der Waals surface area contributed by atoms with Crippen LogP contribution in [0.2, 0.25) is 0 Å². The van der Waals surface area contributed by atoms with Crippen molar-refractivity contribution in [3.63, 3.8) is 0 Å². The second-order valence-corrected chi connectivity index (χ2v) is 4.38. The Morgan fingerprint density at radius 3 is 1.91 bits per heavy atom. The Kier molecular flexibility index (Phi) is 6.11. The lowest BCUT2D eigenvalue weighted by molar-refractivity contribution is -0.178. The van der Waals surface area contributed by atoms with Crippen LogP contribution in [-0.4, -0.2) is 60.4 Å². The molecule has 0 aromatic carbocycles. The molecule has 0 aliphatic carbocycles. The van der Waals surface area contributed by atoms with Crippen molar-refractivity contribution in [3.05, 3.63) is 0 Å². The highest BCUT2D eigenvalue weighted by atomic mass is 16.8. The Morgan fingerprint density at radius 2 is 1.45 bits per heavy atom. The first-order valence-electron chi connectivity index (χ1n) is 6.23. The molecule has 1 fully saturated rings. The van der Waals surface area contributed by atoms with Crippen LogP contribution in [-0.2, 0) is 38.1 Å². The number of hydrogen-bond donors (Lipinski definition) is 1. The van der Waals surface area contributed by atoms with Gasteiger partial charge in [0.25, 0.3) is 0 Å². The van der Waals surface area contributed by atoms with Crippen LogP contribution in [0.25, 0.3) is 0 Å². The van der Waals surface area contributed by atoms with Crippen LogP contribution < -0.4 is 0 Å². The van der Waals surface area contributed by atoms with E-state index in [1.807, 2.05) is 0 Å². The first-order chi connectivity index (χ1) is 10.2. The Balaban J connectivity index is 2.94. The molecule has 0 aromatic rings. The molecule has 0 unspecified atom stereocenters. The minimum atomic E-state index is -1.67. The largest absolute Gasteiger partial charge is 0.508 e. The molecule has 4 atom stereocenters. The minimum absolute atomic E-state index is 0.329. The summed E-state index contributed by atoms with van der Waals surface area (Å²) in [6, 6.07) is 0. The first kappa shape index (κ1) is 17.7. The maximum Gasteiger partial charge on any atom is 0.508 e. The molecule has 1 aliphatic heterocycles. The highest BCUT2D eigenvalue weighted by molar-refractivity contribution is 5.68. The third kappa shape index (κ3) is 5.20. The molecular formula is C12H16O10. The van der Waals surface area contributed by atoms with Crippen LogP contribution in [0.15, 0.2) is 0 Å². The Morgan fingerprint density at radius 1 is 0.909 bits per heavy atom. The lowest BCUT2D eigenvalue weighted by atomic mass is 10.1. The van der Waals surface area contributed by atoms with Gasteiger partial charge in [-0.25, -0.2) is 4.79 Å². The second kappa shape index (κ2) is 7.59. The lowest BCUT2D eigenvalue weighted by Gasteiger charge is -2.22. The number of ether oxygens (including phenoxy) is 5. The molecule has 0 amide bonds. The van der Waals surface area contributed by atoms with Gasteiger partial charge >= 0.3 is 24.1 Å². The van der Waals surface area contributed by atoms with Crippen LogP contribution in [0.1, 0.15) is 20.8 Å². The van der Waals surface area contributed by atoms with Gasteiger partial charge in [-0.05, 0) is 0 Å². The van der Waals surface area contributed by atoms with Gasteiger partial charge in [-0.15, -0.1) is 0 Å². The fourth-order valence-corrected chi connectivity index (χ4v) is 1.87. The number of hydrogen-bond acceptors (Lipinski definition) is 9. The summed E-state index contributed by atoms with van der Waals surface area (Å²) in [5, 5.41) is 8.66. The van der Waals surface area contributed by atoms with E-state index in [1.165, 1.54) is 0 Å². The molecule has 1 rings (SSSR count). The predicted octanol–water partition coefficient (Wildman–Crippen LogP) is -0.168. The van der Waals surface area contributed by atoms with Gasteiger partial charge in [-0.1, -0.05) is 0 Å². The van der Waals surface area contributed by atoms with Crippen molar-refractivity contribution in [2.45, 2.75) is 45.4 Å². The van der Waals surface area contributed by atoms with Crippen LogP contribution in [0.5, 0.6) is 0 Å². The molecule has 10 nitrogen and oxygen atoms in total. The minimum Gasteiger partial charge on any atom is -0.463 e. The van der Waals surface area contributed by atoms with E-state index in [0.29, 0.717) is 0 Å².